The van der Waals surface area contributed by atoms with Crippen LogP contribution in [0.15, 0.2) is 103 Å². The molecule has 3 nitrogen and oxygen atoms in total. The number of β-lactam (4-membered cyclic amide) rings is 1. The summed E-state index contributed by atoms with van der Waals surface area (Å²) < 4.78 is 26.7. The van der Waals surface area contributed by atoms with Gasteiger partial charge in [-0.3, -0.25) is 4.79 Å². The Morgan fingerprint density at radius 3 is 1.94 bits per heavy atom. The number of hydrogen-bond acceptors (Lipinski definition) is 2. The van der Waals surface area contributed by atoms with Crippen molar-refractivity contribution in [3.8, 4) is 11.1 Å². The molecule has 1 N–H and O–H groups in total. The van der Waals surface area contributed by atoms with Gasteiger partial charge in [0.1, 0.15) is 11.6 Å². The van der Waals surface area contributed by atoms with E-state index in [-0.39, 0.29) is 29.5 Å². The second kappa shape index (κ2) is 9.80. The van der Waals surface area contributed by atoms with Crippen LogP contribution in [0.2, 0.25) is 0 Å². The van der Waals surface area contributed by atoms with Crippen LogP contribution in [0.1, 0.15) is 36.1 Å². The van der Waals surface area contributed by atoms with Gasteiger partial charge in [-0.2, -0.15) is 0 Å². The summed E-state index contributed by atoms with van der Waals surface area (Å²) in [6, 6.07) is 29.7. The molecule has 4 aromatic rings. The highest BCUT2D eigenvalue weighted by atomic mass is 19.1. The molecule has 1 saturated heterocycles. The number of nitrogens with zero attached hydrogens (tertiary/aromatic N) is 1. The fraction of sp³-hybridized carbons (Fsp3) is 0.167. The van der Waals surface area contributed by atoms with Gasteiger partial charge in [0.2, 0.25) is 5.91 Å². The van der Waals surface area contributed by atoms with E-state index in [0.29, 0.717) is 24.1 Å². The van der Waals surface area contributed by atoms with Gasteiger partial charge < -0.3 is 10.0 Å². The van der Waals surface area contributed by atoms with Gasteiger partial charge in [-0.25, -0.2) is 8.78 Å². The lowest BCUT2D eigenvalue weighted by atomic mass is 9.78. The number of carbonyl (C=O) groups is 1. The number of halogens is 2. The molecule has 0 radical (unpaired) electrons. The van der Waals surface area contributed by atoms with Crippen molar-refractivity contribution in [3.63, 3.8) is 0 Å². The van der Waals surface area contributed by atoms with Gasteiger partial charge in [-0.05, 0) is 71.5 Å². The minimum atomic E-state index is -0.788. The molecule has 176 valence electrons. The van der Waals surface area contributed by atoms with Gasteiger partial charge in [0.05, 0.1) is 18.1 Å². The van der Waals surface area contributed by atoms with Crippen LogP contribution >= 0.6 is 0 Å². The van der Waals surface area contributed by atoms with Crippen LogP contribution in [0, 0.1) is 17.6 Å². The average Bonchev–Trinajstić information content (AvgIpc) is 2.89. The van der Waals surface area contributed by atoms with Crippen molar-refractivity contribution in [2.24, 2.45) is 5.92 Å². The van der Waals surface area contributed by atoms with Crippen molar-refractivity contribution in [1.29, 1.82) is 0 Å². The van der Waals surface area contributed by atoms with E-state index in [9.17, 15) is 18.7 Å². The van der Waals surface area contributed by atoms with Gasteiger partial charge in [-0.15, -0.1) is 0 Å². The summed E-state index contributed by atoms with van der Waals surface area (Å²) in [5.41, 5.74) is 4.44. The molecule has 1 fully saturated rings. The molecular weight excluding hydrogens is 444 g/mol. The Bertz CT molecular complexity index is 1290. The smallest absolute Gasteiger partial charge is 0.233 e. The van der Waals surface area contributed by atoms with Crippen molar-refractivity contribution in [1.82, 2.24) is 0 Å². The summed E-state index contributed by atoms with van der Waals surface area (Å²) in [7, 11) is 0. The summed E-state index contributed by atoms with van der Waals surface area (Å²) >= 11 is 0. The average molecular weight is 470 g/mol. The number of aliphatic hydroxyl groups is 1. The van der Waals surface area contributed by atoms with Crippen molar-refractivity contribution in [3.05, 3.63) is 126 Å². The fourth-order valence-electron chi connectivity index (χ4n) is 4.79. The van der Waals surface area contributed by atoms with Gasteiger partial charge in [0.15, 0.2) is 0 Å². The highest BCUT2D eigenvalue weighted by Gasteiger charge is 2.48. The Morgan fingerprint density at radius 1 is 0.743 bits per heavy atom. The second-order valence-corrected chi connectivity index (χ2v) is 8.87. The second-order valence-electron chi connectivity index (χ2n) is 8.87. The van der Waals surface area contributed by atoms with E-state index in [1.54, 1.807) is 29.2 Å². The first-order chi connectivity index (χ1) is 17.0. The van der Waals surface area contributed by atoms with Crippen LogP contribution in [0.3, 0.4) is 0 Å². The van der Waals surface area contributed by atoms with E-state index in [1.807, 2.05) is 54.6 Å². The summed E-state index contributed by atoms with van der Waals surface area (Å²) in [4.78, 5) is 14.9. The Labute approximate surface area is 203 Å². The molecule has 3 atom stereocenters. The zero-order chi connectivity index (χ0) is 24.4. The molecule has 1 heterocycles. The largest absolute Gasteiger partial charge is 0.388 e. The predicted octanol–water partition coefficient (Wildman–Crippen LogP) is 6.85. The number of hydrogen-bond donors (Lipinski definition) is 1. The van der Waals surface area contributed by atoms with Crippen molar-refractivity contribution < 1.29 is 18.7 Å². The van der Waals surface area contributed by atoms with Crippen LogP contribution in [-0.4, -0.2) is 11.0 Å². The molecule has 0 spiro atoms. The Morgan fingerprint density at radius 2 is 1.31 bits per heavy atom. The molecule has 5 heteroatoms. The van der Waals surface area contributed by atoms with Crippen LogP contribution in [0.25, 0.3) is 11.1 Å². The standard InChI is InChI=1S/C30H25F2NO2/c31-24-12-10-22(11-13-24)28(34)19-18-27-29(33(30(27)35)26-16-14-25(32)15-17-26)23-8-6-21(7-9-23)20-4-2-1-3-5-20/h1-17,27-29,34H,18-19H2. The van der Waals surface area contributed by atoms with E-state index >= 15 is 0 Å². The molecule has 1 aliphatic heterocycles. The SMILES string of the molecule is O=C1C(CCC(O)c2ccc(F)cc2)C(c2ccc(-c3ccccc3)cc2)N1c1ccc(F)cc1. The topological polar surface area (TPSA) is 40.5 Å². The zero-order valence-corrected chi connectivity index (χ0v) is 19.0. The van der Waals surface area contributed by atoms with Crippen LogP contribution < -0.4 is 4.90 Å². The van der Waals surface area contributed by atoms with Crippen molar-refractivity contribution >= 4 is 11.6 Å². The van der Waals surface area contributed by atoms with E-state index < -0.39 is 6.10 Å². The quantitative estimate of drug-likeness (QED) is 0.301. The number of benzene rings is 4. The zero-order valence-electron chi connectivity index (χ0n) is 19.0. The van der Waals surface area contributed by atoms with Crippen molar-refractivity contribution in [2.45, 2.75) is 25.0 Å². The van der Waals surface area contributed by atoms with Gasteiger partial charge in [-0.1, -0.05) is 66.7 Å². The molecule has 4 aromatic carbocycles. The maximum absolute atomic E-state index is 13.5. The highest BCUT2D eigenvalue weighted by molar-refractivity contribution is 6.03. The molecular formula is C30H25F2NO2. The first kappa shape index (κ1) is 22.9. The minimum absolute atomic E-state index is 0.0555. The Hall–Kier alpha value is -3.83. The highest BCUT2D eigenvalue weighted by Crippen LogP contribution is 2.46. The molecule has 1 aliphatic rings. The van der Waals surface area contributed by atoms with Crippen molar-refractivity contribution in [2.75, 3.05) is 4.90 Å². The summed E-state index contributed by atoms with van der Waals surface area (Å²) in [5, 5.41) is 10.6. The van der Waals surface area contributed by atoms with E-state index in [1.165, 1.54) is 24.3 Å². The lowest BCUT2D eigenvalue weighted by Crippen LogP contribution is -2.55. The minimum Gasteiger partial charge on any atom is -0.388 e. The molecule has 0 aliphatic carbocycles. The number of rotatable bonds is 7. The van der Waals surface area contributed by atoms with Crippen LogP contribution in [0.4, 0.5) is 14.5 Å². The van der Waals surface area contributed by atoms with Gasteiger partial charge >= 0.3 is 0 Å². The summed E-state index contributed by atoms with van der Waals surface area (Å²) in [6.45, 7) is 0. The first-order valence-corrected chi connectivity index (χ1v) is 11.7. The molecule has 0 aromatic heterocycles. The molecule has 35 heavy (non-hydrogen) atoms. The number of anilines is 1. The maximum atomic E-state index is 13.5. The third kappa shape index (κ3) is 4.73. The molecule has 0 bridgehead atoms. The third-order valence-electron chi connectivity index (χ3n) is 6.68. The lowest BCUT2D eigenvalue weighted by Gasteiger charge is -2.48. The monoisotopic (exact) mass is 469 g/mol. The number of amides is 1. The Balaban J connectivity index is 1.39. The van der Waals surface area contributed by atoms with Crippen LogP contribution in [-0.2, 0) is 4.79 Å². The predicted molar refractivity (Wildman–Crippen MR) is 133 cm³/mol. The maximum Gasteiger partial charge on any atom is 0.233 e. The number of carbonyl (C=O) groups excluding carboxylic acids is 1. The van der Waals surface area contributed by atoms with Crippen LogP contribution in [0.5, 0.6) is 0 Å². The normalized spacial score (nSPS) is 18.3. The van der Waals surface area contributed by atoms with E-state index in [0.717, 1.165) is 16.7 Å². The summed E-state index contributed by atoms with van der Waals surface area (Å²) in [6.07, 6.45) is 0.0577. The first-order valence-electron chi connectivity index (χ1n) is 11.7. The lowest BCUT2D eigenvalue weighted by molar-refractivity contribution is -0.131. The van der Waals surface area contributed by atoms with Gasteiger partial charge in [0, 0.05) is 5.69 Å². The van der Waals surface area contributed by atoms with Gasteiger partial charge in [0.25, 0.3) is 0 Å². The molecule has 5 rings (SSSR count). The fourth-order valence-corrected chi connectivity index (χ4v) is 4.79. The molecule has 3 unspecified atom stereocenters. The molecule has 1 amide bonds. The number of aliphatic hydroxyl groups excluding tert-OH is 1. The van der Waals surface area contributed by atoms with E-state index in [2.05, 4.69) is 0 Å². The third-order valence-corrected chi connectivity index (χ3v) is 6.68. The van der Waals surface area contributed by atoms with E-state index in [4.69, 9.17) is 0 Å². The summed E-state index contributed by atoms with van der Waals surface area (Å²) in [5.74, 6) is -1.09. The Kier molecular flexibility index (Phi) is 6.43. The molecule has 0 saturated carbocycles.